The fourth-order valence-corrected chi connectivity index (χ4v) is 3.33. The molecule has 0 aliphatic carbocycles. The number of rotatable bonds is 3. The molecule has 160 valence electrons. The Morgan fingerprint density at radius 3 is 2.16 bits per heavy atom. The van der Waals surface area contributed by atoms with Crippen molar-refractivity contribution in [3.8, 4) is 28.7 Å². The van der Waals surface area contributed by atoms with Crippen molar-refractivity contribution in [1.82, 2.24) is 0 Å². The third-order valence-electron chi connectivity index (χ3n) is 4.83. The molecule has 0 saturated heterocycles. The summed E-state index contributed by atoms with van der Waals surface area (Å²) in [6, 6.07) is 12.7. The lowest BCUT2D eigenvalue weighted by Gasteiger charge is -2.09. The molecule has 0 aliphatic heterocycles. The Balaban J connectivity index is 1.65. The predicted octanol–water partition coefficient (Wildman–Crippen LogP) is 7.00. The quantitative estimate of drug-likeness (QED) is 0.247. The molecule has 0 bridgehead atoms. The Hall–Kier alpha value is -3.85. The fraction of sp³-hybridized carbons (Fsp3) is 0.0769. The Bertz CT molecular complexity index is 1380. The summed E-state index contributed by atoms with van der Waals surface area (Å²) in [4.78, 5) is 0. The van der Waals surface area contributed by atoms with Crippen LogP contribution in [0.25, 0.3) is 21.9 Å². The molecule has 6 heteroatoms. The van der Waals surface area contributed by atoms with Gasteiger partial charge in [0.15, 0.2) is 11.6 Å². The largest absolute Gasteiger partial charge is 0.494 e. The summed E-state index contributed by atoms with van der Waals surface area (Å²) in [5.41, 5.74) is 0.145. The van der Waals surface area contributed by atoms with E-state index >= 15 is 0 Å². The van der Waals surface area contributed by atoms with Gasteiger partial charge in [-0.2, -0.15) is 0 Å². The van der Waals surface area contributed by atoms with E-state index in [0.29, 0.717) is 10.9 Å². The normalized spacial score (nSPS) is 10.7. The van der Waals surface area contributed by atoms with Gasteiger partial charge in [-0.3, -0.25) is 0 Å². The van der Waals surface area contributed by atoms with Gasteiger partial charge in [-0.05, 0) is 48.2 Å². The van der Waals surface area contributed by atoms with Crippen LogP contribution in [0.1, 0.15) is 18.1 Å². The van der Waals surface area contributed by atoms with Gasteiger partial charge >= 0.3 is 0 Å². The van der Waals surface area contributed by atoms with Crippen LogP contribution in [0.4, 0.5) is 22.0 Å². The maximum atomic E-state index is 14.6. The van der Waals surface area contributed by atoms with Gasteiger partial charge < -0.3 is 4.74 Å². The maximum Gasteiger partial charge on any atom is 0.166 e. The molecule has 0 radical (unpaired) electrons. The summed E-state index contributed by atoms with van der Waals surface area (Å²) in [6.45, 7) is 1.94. The van der Waals surface area contributed by atoms with Gasteiger partial charge in [0.2, 0.25) is 0 Å². The van der Waals surface area contributed by atoms with Gasteiger partial charge in [-0.1, -0.05) is 30.0 Å². The number of halogens is 5. The second kappa shape index (κ2) is 8.72. The molecule has 32 heavy (non-hydrogen) atoms. The summed E-state index contributed by atoms with van der Waals surface area (Å²) in [5, 5.41) is 0.568. The number of fused-ring (bicyclic) bond motifs is 1. The molecule has 4 rings (SSSR count). The SMILES string of the molecule is CCOc1cc(F)c(-c2ccc(C#Cc3ccc4c(F)c(F)ccc4c3)c(F)c2)c(F)c1. The van der Waals surface area contributed by atoms with Gasteiger partial charge in [0, 0.05) is 23.1 Å². The van der Waals surface area contributed by atoms with Crippen LogP contribution in [0.3, 0.4) is 0 Å². The van der Waals surface area contributed by atoms with E-state index in [-0.39, 0.29) is 34.4 Å². The molecule has 0 spiro atoms. The van der Waals surface area contributed by atoms with Crippen LogP contribution in [0.2, 0.25) is 0 Å². The zero-order chi connectivity index (χ0) is 22.8. The van der Waals surface area contributed by atoms with E-state index in [9.17, 15) is 22.0 Å². The van der Waals surface area contributed by atoms with Crippen molar-refractivity contribution < 1.29 is 26.7 Å². The number of hydrogen-bond donors (Lipinski definition) is 0. The predicted molar refractivity (Wildman–Crippen MR) is 113 cm³/mol. The van der Waals surface area contributed by atoms with Crippen molar-refractivity contribution in [2.24, 2.45) is 0 Å². The van der Waals surface area contributed by atoms with Crippen LogP contribution in [0.15, 0.2) is 60.7 Å². The van der Waals surface area contributed by atoms with Crippen LogP contribution in [0.5, 0.6) is 5.75 Å². The van der Waals surface area contributed by atoms with E-state index in [0.717, 1.165) is 24.3 Å². The molecule has 0 aliphatic rings. The van der Waals surface area contributed by atoms with Gasteiger partial charge in [0.25, 0.3) is 0 Å². The van der Waals surface area contributed by atoms with Crippen molar-refractivity contribution in [2.75, 3.05) is 6.61 Å². The summed E-state index contributed by atoms with van der Waals surface area (Å²) >= 11 is 0. The molecule has 0 aromatic heterocycles. The second-order valence-electron chi connectivity index (χ2n) is 6.94. The minimum absolute atomic E-state index is 0.0193. The summed E-state index contributed by atoms with van der Waals surface area (Å²) < 4.78 is 75.6. The van der Waals surface area contributed by atoms with Crippen molar-refractivity contribution in [1.29, 1.82) is 0 Å². The molecule has 0 saturated carbocycles. The van der Waals surface area contributed by atoms with Crippen molar-refractivity contribution in [2.45, 2.75) is 6.92 Å². The molecule has 1 nitrogen and oxygen atoms in total. The molecule has 4 aromatic rings. The van der Waals surface area contributed by atoms with Crippen LogP contribution in [-0.2, 0) is 0 Å². The van der Waals surface area contributed by atoms with Crippen molar-refractivity contribution >= 4 is 10.8 Å². The highest BCUT2D eigenvalue weighted by molar-refractivity contribution is 5.84. The molecule has 0 N–H and O–H groups in total. The molecule has 0 heterocycles. The third-order valence-corrected chi connectivity index (χ3v) is 4.83. The smallest absolute Gasteiger partial charge is 0.166 e. The first kappa shape index (κ1) is 21.4. The fourth-order valence-electron chi connectivity index (χ4n) is 3.33. The van der Waals surface area contributed by atoms with Crippen LogP contribution < -0.4 is 4.74 Å². The molecule has 0 amide bonds. The molecule has 0 unspecified atom stereocenters. The summed E-state index contributed by atoms with van der Waals surface area (Å²) in [5.74, 6) is 1.08. The van der Waals surface area contributed by atoms with E-state index in [1.807, 2.05) is 0 Å². The van der Waals surface area contributed by atoms with E-state index < -0.39 is 29.1 Å². The lowest BCUT2D eigenvalue weighted by atomic mass is 10.0. The molecule has 0 fully saturated rings. The molecular formula is C26H15F5O. The average Bonchev–Trinajstić information content (AvgIpc) is 2.75. The lowest BCUT2D eigenvalue weighted by molar-refractivity contribution is 0.336. The molecular weight excluding hydrogens is 423 g/mol. The zero-order valence-corrected chi connectivity index (χ0v) is 16.8. The topological polar surface area (TPSA) is 9.23 Å². The first-order valence-corrected chi connectivity index (χ1v) is 9.69. The van der Waals surface area contributed by atoms with Gasteiger partial charge in [0.1, 0.15) is 23.2 Å². The molecule has 0 atom stereocenters. The van der Waals surface area contributed by atoms with E-state index in [1.54, 1.807) is 13.0 Å². The highest BCUT2D eigenvalue weighted by Crippen LogP contribution is 2.31. The van der Waals surface area contributed by atoms with Gasteiger partial charge in [-0.25, -0.2) is 22.0 Å². The first-order valence-electron chi connectivity index (χ1n) is 9.69. The van der Waals surface area contributed by atoms with Crippen LogP contribution >= 0.6 is 0 Å². The lowest BCUT2D eigenvalue weighted by Crippen LogP contribution is -1.97. The maximum absolute atomic E-state index is 14.6. The number of hydrogen-bond acceptors (Lipinski definition) is 1. The molecule has 4 aromatic carbocycles. The zero-order valence-electron chi connectivity index (χ0n) is 16.8. The standard InChI is InChI=1S/C26H15F5O/c1-2-32-19-13-23(29)25(24(30)14-19)18-7-6-16(22(28)12-18)5-3-15-4-9-20-17(11-15)8-10-21(27)26(20)31/h4,6-14H,2H2,1H3. The van der Waals surface area contributed by atoms with E-state index in [1.165, 1.54) is 30.3 Å². The Morgan fingerprint density at radius 1 is 0.719 bits per heavy atom. The van der Waals surface area contributed by atoms with E-state index in [2.05, 4.69) is 11.8 Å². The Morgan fingerprint density at radius 2 is 1.47 bits per heavy atom. The minimum atomic E-state index is -0.947. The van der Waals surface area contributed by atoms with Gasteiger partial charge in [0.05, 0.1) is 17.7 Å². The van der Waals surface area contributed by atoms with Gasteiger partial charge in [-0.15, -0.1) is 0 Å². The third kappa shape index (κ3) is 4.15. The number of ether oxygens (including phenoxy) is 1. The monoisotopic (exact) mass is 438 g/mol. The Labute approximate surface area is 181 Å². The first-order chi connectivity index (χ1) is 15.4. The highest BCUT2D eigenvalue weighted by atomic mass is 19.2. The second-order valence-corrected chi connectivity index (χ2v) is 6.94. The van der Waals surface area contributed by atoms with Crippen LogP contribution in [-0.4, -0.2) is 6.61 Å². The average molecular weight is 438 g/mol. The highest BCUT2D eigenvalue weighted by Gasteiger charge is 2.15. The van der Waals surface area contributed by atoms with Crippen LogP contribution in [0, 0.1) is 40.9 Å². The number of benzene rings is 4. The van der Waals surface area contributed by atoms with Crippen molar-refractivity contribution in [3.05, 3.63) is 101 Å². The van der Waals surface area contributed by atoms with E-state index in [4.69, 9.17) is 4.74 Å². The Kier molecular flexibility index (Phi) is 5.83. The van der Waals surface area contributed by atoms with Crippen molar-refractivity contribution in [3.63, 3.8) is 0 Å². The summed E-state index contributed by atoms with van der Waals surface area (Å²) in [7, 11) is 0. The minimum Gasteiger partial charge on any atom is -0.494 e. The summed E-state index contributed by atoms with van der Waals surface area (Å²) in [6.07, 6.45) is 0.